The maximum absolute atomic E-state index is 12.1. The van der Waals surface area contributed by atoms with E-state index < -0.39 is 5.54 Å². The van der Waals surface area contributed by atoms with Gasteiger partial charge in [0, 0.05) is 19.1 Å². The second-order valence-electron chi connectivity index (χ2n) is 6.47. The summed E-state index contributed by atoms with van der Waals surface area (Å²) < 4.78 is 0. The summed E-state index contributed by atoms with van der Waals surface area (Å²) in [5, 5.41) is 3.01. The molecule has 0 spiro atoms. The lowest BCUT2D eigenvalue weighted by Gasteiger charge is -2.36. The van der Waals surface area contributed by atoms with Crippen LogP contribution in [0.3, 0.4) is 0 Å². The van der Waals surface area contributed by atoms with Crippen molar-refractivity contribution in [3.8, 4) is 0 Å². The zero-order chi connectivity index (χ0) is 14.5. The van der Waals surface area contributed by atoms with Crippen molar-refractivity contribution in [2.45, 2.75) is 65.0 Å². The molecule has 3 atom stereocenters. The topological polar surface area (TPSA) is 58.4 Å². The van der Waals surface area contributed by atoms with Crippen LogP contribution in [0.2, 0.25) is 0 Å². The van der Waals surface area contributed by atoms with Crippen LogP contribution in [0.1, 0.15) is 53.4 Å². The Morgan fingerprint density at radius 1 is 1.58 bits per heavy atom. The maximum Gasteiger partial charge on any atom is 0.239 e. The molecule has 4 nitrogen and oxygen atoms in total. The average Bonchev–Trinajstić information content (AvgIpc) is 2.35. The number of hydrogen-bond acceptors (Lipinski definition) is 3. The molecule has 1 amide bonds. The van der Waals surface area contributed by atoms with E-state index in [9.17, 15) is 4.79 Å². The third-order valence-electron chi connectivity index (χ3n) is 4.16. The monoisotopic (exact) mass is 269 g/mol. The number of piperidine rings is 1. The Labute approximate surface area is 118 Å². The van der Waals surface area contributed by atoms with E-state index in [0.717, 1.165) is 31.8 Å². The molecular formula is C15H31N3O. The number of rotatable bonds is 6. The fourth-order valence-corrected chi connectivity index (χ4v) is 2.83. The van der Waals surface area contributed by atoms with E-state index in [1.807, 2.05) is 6.92 Å². The molecule has 0 aromatic heterocycles. The first-order valence-corrected chi connectivity index (χ1v) is 7.68. The Bertz CT molecular complexity index is 291. The van der Waals surface area contributed by atoms with Crippen molar-refractivity contribution in [1.82, 2.24) is 10.2 Å². The molecule has 0 aromatic rings. The largest absolute Gasteiger partial charge is 0.353 e. The van der Waals surface area contributed by atoms with E-state index in [0.29, 0.717) is 12.6 Å². The summed E-state index contributed by atoms with van der Waals surface area (Å²) >= 11 is 0. The molecule has 0 aromatic carbocycles. The van der Waals surface area contributed by atoms with Crippen LogP contribution in [-0.2, 0) is 4.79 Å². The van der Waals surface area contributed by atoms with Crippen molar-refractivity contribution in [1.29, 1.82) is 0 Å². The molecule has 1 heterocycles. The minimum absolute atomic E-state index is 0.0220. The van der Waals surface area contributed by atoms with Crippen molar-refractivity contribution in [3.05, 3.63) is 0 Å². The number of amides is 1. The molecule has 0 aliphatic carbocycles. The van der Waals surface area contributed by atoms with Crippen LogP contribution >= 0.6 is 0 Å². The minimum Gasteiger partial charge on any atom is -0.353 e. The third-order valence-corrected chi connectivity index (χ3v) is 4.16. The highest BCUT2D eigenvalue weighted by atomic mass is 16.2. The summed E-state index contributed by atoms with van der Waals surface area (Å²) in [7, 11) is 0. The number of nitrogens with two attached hydrogens (primary N) is 1. The third kappa shape index (κ3) is 5.11. The van der Waals surface area contributed by atoms with E-state index >= 15 is 0 Å². The van der Waals surface area contributed by atoms with Gasteiger partial charge in [-0.25, -0.2) is 0 Å². The molecule has 1 aliphatic rings. The van der Waals surface area contributed by atoms with Gasteiger partial charge in [-0.1, -0.05) is 20.3 Å². The van der Waals surface area contributed by atoms with Gasteiger partial charge in [-0.15, -0.1) is 0 Å². The summed E-state index contributed by atoms with van der Waals surface area (Å²) in [5.74, 6) is 0.748. The highest BCUT2D eigenvalue weighted by Crippen LogP contribution is 2.17. The highest BCUT2D eigenvalue weighted by molar-refractivity contribution is 5.85. The SMILES string of the molecule is CCCC(C)(N)C(=O)NCC(C)N1CCCC(C)C1. The fourth-order valence-electron chi connectivity index (χ4n) is 2.83. The Morgan fingerprint density at radius 3 is 2.84 bits per heavy atom. The van der Waals surface area contributed by atoms with Crippen LogP contribution < -0.4 is 11.1 Å². The lowest BCUT2D eigenvalue weighted by Crippen LogP contribution is -2.54. The van der Waals surface area contributed by atoms with Crippen LogP contribution in [0.25, 0.3) is 0 Å². The summed E-state index contributed by atoms with van der Waals surface area (Å²) in [6, 6.07) is 0.393. The molecule has 1 aliphatic heterocycles. The van der Waals surface area contributed by atoms with Gasteiger partial charge in [0.05, 0.1) is 5.54 Å². The maximum atomic E-state index is 12.1. The molecule has 3 unspecified atom stereocenters. The predicted octanol–water partition coefficient (Wildman–Crippen LogP) is 1.74. The molecule has 1 saturated heterocycles. The second-order valence-corrected chi connectivity index (χ2v) is 6.47. The molecule has 3 N–H and O–H groups in total. The Morgan fingerprint density at radius 2 is 2.26 bits per heavy atom. The molecular weight excluding hydrogens is 238 g/mol. The van der Waals surface area contributed by atoms with Crippen molar-refractivity contribution >= 4 is 5.91 Å². The van der Waals surface area contributed by atoms with E-state index in [-0.39, 0.29) is 5.91 Å². The number of carbonyl (C=O) groups is 1. The molecule has 0 saturated carbocycles. The number of carbonyl (C=O) groups excluding carboxylic acids is 1. The van der Waals surface area contributed by atoms with Crippen LogP contribution in [0, 0.1) is 5.92 Å². The summed E-state index contributed by atoms with van der Waals surface area (Å²) in [6.45, 7) is 11.3. The van der Waals surface area contributed by atoms with Crippen LogP contribution in [0.5, 0.6) is 0 Å². The fraction of sp³-hybridized carbons (Fsp3) is 0.933. The van der Waals surface area contributed by atoms with Crippen LogP contribution in [0.15, 0.2) is 0 Å². The van der Waals surface area contributed by atoms with E-state index in [1.54, 1.807) is 0 Å². The lowest BCUT2D eigenvalue weighted by molar-refractivity contribution is -0.126. The summed E-state index contributed by atoms with van der Waals surface area (Å²) in [5.41, 5.74) is 5.30. The van der Waals surface area contributed by atoms with Gasteiger partial charge in [-0.05, 0) is 45.6 Å². The number of nitrogens with one attached hydrogen (secondary N) is 1. The molecule has 4 heteroatoms. The number of likely N-dealkylation sites (tertiary alicyclic amines) is 1. The Balaban J connectivity index is 2.37. The van der Waals surface area contributed by atoms with Crippen LogP contribution in [0.4, 0.5) is 0 Å². The van der Waals surface area contributed by atoms with Gasteiger partial charge in [0.25, 0.3) is 0 Å². The molecule has 0 radical (unpaired) electrons. The van der Waals surface area contributed by atoms with Crippen molar-refractivity contribution in [2.24, 2.45) is 11.7 Å². The number of hydrogen-bond donors (Lipinski definition) is 2. The van der Waals surface area contributed by atoms with E-state index in [1.165, 1.54) is 12.8 Å². The predicted molar refractivity (Wildman–Crippen MR) is 79.9 cm³/mol. The molecule has 1 fully saturated rings. The molecule has 1 rings (SSSR count). The Hall–Kier alpha value is -0.610. The lowest BCUT2D eigenvalue weighted by atomic mass is 9.96. The van der Waals surface area contributed by atoms with E-state index in [4.69, 9.17) is 5.73 Å². The minimum atomic E-state index is -0.732. The molecule has 0 bridgehead atoms. The zero-order valence-corrected chi connectivity index (χ0v) is 13.0. The zero-order valence-electron chi connectivity index (χ0n) is 13.0. The highest BCUT2D eigenvalue weighted by Gasteiger charge is 2.28. The van der Waals surface area contributed by atoms with Gasteiger partial charge in [0.2, 0.25) is 5.91 Å². The summed E-state index contributed by atoms with van der Waals surface area (Å²) in [4.78, 5) is 14.5. The quantitative estimate of drug-likeness (QED) is 0.772. The number of nitrogens with zero attached hydrogens (tertiary/aromatic N) is 1. The molecule has 112 valence electrons. The smallest absolute Gasteiger partial charge is 0.239 e. The van der Waals surface area contributed by atoms with Gasteiger partial charge in [-0.2, -0.15) is 0 Å². The van der Waals surface area contributed by atoms with Gasteiger partial charge in [0.15, 0.2) is 0 Å². The standard InChI is InChI=1S/C15H31N3O/c1-5-8-15(4,16)14(19)17-10-13(3)18-9-6-7-12(2)11-18/h12-13H,5-11,16H2,1-4H3,(H,17,19). The van der Waals surface area contributed by atoms with Gasteiger partial charge in [0.1, 0.15) is 0 Å². The van der Waals surface area contributed by atoms with Crippen molar-refractivity contribution in [2.75, 3.05) is 19.6 Å². The second kappa shape index (κ2) is 7.25. The summed E-state index contributed by atoms with van der Waals surface area (Å²) in [6.07, 6.45) is 4.25. The molecule has 19 heavy (non-hydrogen) atoms. The van der Waals surface area contributed by atoms with Crippen LogP contribution in [-0.4, -0.2) is 42.0 Å². The Kier molecular flexibility index (Phi) is 6.27. The van der Waals surface area contributed by atoms with Gasteiger partial charge >= 0.3 is 0 Å². The average molecular weight is 269 g/mol. The first-order valence-electron chi connectivity index (χ1n) is 7.68. The van der Waals surface area contributed by atoms with E-state index in [2.05, 4.69) is 31.0 Å². The van der Waals surface area contributed by atoms with Crippen molar-refractivity contribution < 1.29 is 4.79 Å². The first-order chi connectivity index (χ1) is 8.86. The van der Waals surface area contributed by atoms with Gasteiger partial charge in [-0.3, -0.25) is 9.69 Å². The van der Waals surface area contributed by atoms with Gasteiger partial charge < -0.3 is 11.1 Å². The first kappa shape index (κ1) is 16.4. The normalized spacial score (nSPS) is 25.6. The van der Waals surface area contributed by atoms with Crippen molar-refractivity contribution in [3.63, 3.8) is 0 Å².